The van der Waals surface area contributed by atoms with Crippen molar-refractivity contribution in [1.29, 1.82) is 0 Å². The first-order chi connectivity index (χ1) is 14.9. The average Bonchev–Trinajstić information content (AvgIpc) is 2.73. The maximum Gasteiger partial charge on any atom is 0.270 e. The number of piperazine rings is 1. The molecule has 1 heterocycles. The third-order valence-corrected chi connectivity index (χ3v) is 9.28. The normalized spacial score (nSPS) is 16.1. The Morgan fingerprint density at radius 2 is 1.00 bits per heavy atom. The van der Waals surface area contributed by atoms with E-state index in [9.17, 15) is 37.1 Å². The summed E-state index contributed by atoms with van der Waals surface area (Å²) in [5.74, 6) is 0. The van der Waals surface area contributed by atoms with E-state index in [0.717, 1.165) is 20.7 Å². The standard InChI is InChI=1S/C18H20N4O8S2/c1-13-3-5-15(21(23)24)11-17(13)31(27,28)19-7-9-20(10-8-19)32(29,30)18-12-16(22(25)26)6-4-14(18)2/h3-6,11-12H,7-10H2,1-2H3. The third-order valence-electron chi connectivity index (χ3n) is 5.20. The van der Waals surface area contributed by atoms with Crippen LogP contribution in [0.1, 0.15) is 11.1 Å². The lowest BCUT2D eigenvalue weighted by molar-refractivity contribution is -0.385. The van der Waals surface area contributed by atoms with Crippen molar-refractivity contribution in [1.82, 2.24) is 8.61 Å². The van der Waals surface area contributed by atoms with Crippen LogP contribution < -0.4 is 0 Å². The molecule has 172 valence electrons. The maximum atomic E-state index is 13.0. The summed E-state index contributed by atoms with van der Waals surface area (Å²) >= 11 is 0. The first-order valence-corrected chi connectivity index (χ1v) is 12.2. The third kappa shape index (κ3) is 4.34. The molecule has 1 aliphatic rings. The summed E-state index contributed by atoms with van der Waals surface area (Å²) in [7, 11) is -8.18. The summed E-state index contributed by atoms with van der Waals surface area (Å²) in [4.78, 5) is 20.3. The molecule has 0 saturated carbocycles. The summed E-state index contributed by atoms with van der Waals surface area (Å²) in [6.07, 6.45) is 0. The Morgan fingerprint density at radius 1 is 0.688 bits per heavy atom. The molecular formula is C18H20N4O8S2. The van der Waals surface area contributed by atoms with Crippen LogP contribution >= 0.6 is 0 Å². The van der Waals surface area contributed by atoms with Crippen LogP contribution in [0.3, 0.4) is 0 Å². The van der Waals surface area contributed by atoms with E-state index in [1.54, 1.807) is 0 Å². The number of nitrogens with zero attached hydrogens (tertiary/aromatic N) is 4. The highest BCUT2D eigenvalue weighted by atomic mass is 32.2. The van der Waals surface area contributed by atoms with Gasteiger partial charge in [0.2, 0.25) is 20.0 Å². The van der Waals surface area contributed by atoms with Gasteiger partial charge in [0.25, 0.3) is 11.4 Å². The van der Waals surface area contributed by atoms with Gasteiger partial charge in [0.1, 0.15) is 0 Å². The summed E-state index contributed by atoms with van der Waals surface area (Å²) < 4.78 is 54.3. The Labute approximate surface area is 184 Å². The summed E-state index contributed by atoms with van der Waals surface area (Å²) in [6.45, 7) is 2.36. The molecule has 0 radical (unpaired) electrons. The van der Waals surface area contributed by atoms with Gasteiger partial charge in [-0.05, 0) is 25.0 Å². The number of sulfonamides is 2. The fraction of sp³-hybridized carbons (Fsp3) is 0.333. The van der Waals surface area contributed by atoms with Gasteiger partial charge in [-0.2, -0.15) is 8.61 Å². The number of nitro benzene ring substituents is 2. The van der Waals surface area contributed by atoms with Gasteiger partial charge < -0.3 is 0 Å². The molecule has 0 aromatic heterocycles. The minimum atomic E-state index is -4.09. The lowest BCUT2D eigenvalue weighted by Gasteiger charge is -2.33. The lowest BCUT2D eigenvalue weighted by Crippen LogP contribution is -2.50. The van der Waals surface area contributed by atoms with Gasteiger partial charge in [0.15, 0.2) is 0 Å². The van der Waals surface area contributed by atoms with E-state index in [1.165, 1.54) is 38.1 Å². The van der Waals surface area contributed by atoms with Crippen molar-refractivity contribution in [2.75, 3.05) is 26.2 Å². The van der Waals surface area contributed by atoms with Crippen LogP contribution in [0.5, 0.6) is 0 Å². The van der Waals surface area contributed by atoms with Crippen LogP contribution in [0.2, 0.25) is 0 Å². The highest BCUT2D eigenvalue weighted by Gasteiger charge is 2.36. The van der Waals surface area contributed by atoms with Crippen LogP contribution in [-0.2, 0) is 20.0 Å². The number of nitro groups is 2. The zero-order valence-electron chi connectivity index (χ0n) is 17.2. The Balaban J connectivity index is 1.85. The van der Waals surface area contributed by atoms with Crippen LogP contribution in [-0.4, -0.2) is 61.5 Å². The van der Waals surface area contributed by atoms with Crippen molar-refractivity contribution in [3.8, 4) is 0 Å². The molecule has 3 rings (SSSR count). The summed E-state index contributed by atoms with van der Waals surface area (Å²) in [5, 5.41) is 22.1. The van der Waals surface area contributed by atoms with Crippen LogP contribution in [0, 0.1) is 34.1 Å². The fourth-order valence-electron chi connectivity index (χ4n) is 3.39. The van der Waals surface area contributed by atoms with E-state index in [2.05, 4.69) is 0 Å². The van der Waals surface area contributed by atoms with E-state index in [-0.39, 0.29) is 47.3 Å². The molecule has 0 aliphatic carbocycles. The summed E-state index contributed by atoms with van der Waals surface area (Å²) in [6, 6.07) is 7.08. The molecule has 0 unspecified atom stereocenters. The van der Waals surface area contributed by atoms with Gasteiger partial charge in [-0.15, -0.1) is 0 Å². The number of hydrogen-bond donors (Lipinski definition) is 0. The Hall–Kier alpha value is -2.94. The van der Waals surface area contributed by atoms with E-state index in [0.29, 0.717) is 11.1 Å². The SMILES string of the molecule is Cc1ccc([N+](=O)[O-])cc1S(=O)(=O)N1CCN(S(=O)(=O)c2cc([N+](=O)[O-])ccc2C)CC1. The number of non-ortho nitro benzene ring substituents is 2. The molecule has 2 aromatic rings. The van der Waals surface area contributed by atoms with E-state index < -0.39 is 29.9 Å². The Morgan fingerprint density at radius 3 is 1.28 bits per heavy atom. The first-order valence-electron chi connectivity index (χ1n) is 9.36. The van der Waals surface area contributed by atoms with Gasteiger partial charge in [-0.1, -0.05) is 12.1 Å². The highest BCUT2D eigenvalue weighted by Crippen LogP contribution is 2.28. The predicted octanol–water partition coefficient (Wildman–Crippen LogP) is 1.82. The molecule has 2 aromatic carbocycles. The topological polar surface area (TPSA) is 161 Å². The minimum absolute atomic E-state index is 0.169. The van der Waals surface area contributed by atoms with Crippen LogP contribution in [0.15, 0.2) is 46.2 Å². The van der Waals surface area contributed by atoms with Gasteiger partial charge in [0, 0.05) is 50.4 Å². The van der Waals surface area contributed by atoms with Crippen molar-refractivity contribution in [3.05, 3.63) is 67.8 Å². The second-order valence-corrected chi connectivity index (χ2v) is 11.0. The van der Waals surface area contributed by atoms with Gasteiger partial charge in [-0.3, -0.25) is 20.2 Å². The number of rotatable bonds is 6. The molecule has 1 aliphatic heterocycles. The number of hydrogen-bond acceptors (Lipinski definition) is 8. The van der Waals surface area contributed by atoms with E-state index in [1.807, 2.05) is 0 Å². The highest BCUT2D eigenvalue weighted by molar-refractivity contribution is 7.89. The molecule has 14 heteroatoms. The van der Waals surface area contributed by atoms with Gasteiger partial charge in [-0.25, -0.2) is 16.8 Å². The van der Waals surface area contributed by atoms with E-state index >= 15 is 0 Å². The predicted molar refractivity (Wildman–Crippen MR) is 113 cm³/mol. The summed E-state index contributed by atoms with van der Waals surface area (Å²) in [5.41, 5.74) is -0.0659. The van der Waals surface area contributed by atoms with Crippen LogP contribution in [0.4, 0.5) is 11.4 Å². The zero-order valence-corrected chi connectivity index (χ0v) is 18.8. The van der Waals surface area contributed by atoms with Gasteiger partial charge in [0.05, 0.1) is 19.6 Å². The van der Waals surface area contributed by atoms with Crippen molar-refractivity contribution in [2.24, 2.45) is 0 Å². The molecule has 32 heavy (non-hydrogen) atoms. The van der Waals surface area contributed by atoms with Crippen molar-refractivity contribution in [3.63, 3.8) is 0 Å². The van der Waals surface area contributed by atoms with Crippen LogP contribution in [0.25, 0.3) is 0 Å². The van der Waals surface area contributed by atoms with Crippen molar-refractivity contribution >= 4 is 31.4 Å². The number of benzene rings is 2. The largest absolute Gasteiger partial charge is 0.270 e. The van der Waals surface area contributed by atoms with Crippen molar-refractivity contribution in [2.45, 2.75) is 23.6 Å². The fourth-order valence-corrected chi connectivity index (χ4v) is 6.72. The lowest BCUT2D eigenvalue weighted by atomic mass is 10.2. The van der Waals surface area contributed by atoms with Gasteiger partial charge >= 0.3 is 0 Å². The zero-order chi connectivity index (χ0) is 23.8. The molecule has 12 nitrogen and oxygen atoms in total. The number of aryl methyl sites for hydroxylation is 2. The second-order valence-electron chi connectivity index (χ2n) is 7.22. The maximum absolute atomic E-state index is 13.0. The minimum Gasteiger partial charge on any atom is -0.258 e. The Bertz CT molecular complexity index is 1200. The van der Waals surface area contributed by atoms with Crippen molar-refractivity contribution < 1.29 is 26.7 Å². The molecule has 1 fully saturated rings. The second kappa shape index (κ2) is 8.54. The first kappa shape index (κ1) is 23.7. The molecule has 0 spiro atoms. The molecule has 0 amide bonds. The molecule has 0 atom stereocenters. The smallest absolute Gasteiger partial charge is 0.258 e. The Kier molecular flexibility index (Phi) is 6.33. The molecule has 0 bridgehead atoms. The quantitative estimate of drug-likeness (QED) is 0.443. The average molecular weight is 485 g/mol. The molecule has 0 N–H and O–H groups in total. The molecule has 1 saturated heterocycles. The monoisotopic (exact) mass is 484 g/mol. The molecular weight excluding hydrogens is 464 g/mol. The van der Waals surface area contributed by atoms with E-state index in [4.69, 9.17) is 0 Å².